The molecule has 2 aromatic carbocycles. The normalized spacial score (nSPS) is 10.3. The first-order valence-electron chi connectivity index (χ1n) is 7.21. The van der Waals surface area contributed by atoms with E-state index in [2.05, 4.69) is 10.3 Å². The molecule has 5 heteroatoms. The van der Waals surface area contributed by atoms with Crippen LogP contribution in [0, 0.1) is 6.92 Å². The number of amides is 1. The summed E-state index contributed by atoms with van der Waals surface area (Å²) >= 11 is 1.40. The largest absolute Gasteiger partial charge is 0.483 e. The first kappa shape index (κ1) is 15.2. The first-order chi connectivity index (χ1) is 11.2. The van der Waals surface area contributed by atoms with Gasteiger partial charge < -0.3 is 4.74 Å². The van der Waals surface area contributed by atoms with E-state index in [4.69, 9.17) is 4.74 Å². The van der Waals surface area contributed by atoms with Crippen LogP contribution in [0.5, 0.6) is 5.75 Å². The quantitative estimate of drug-likeness (QED) is 0.767. The van der Waals surface area contributed by atoms with Gasteiger partial charge in [0.15, 0.2) is 11.7 Å². The number of thiazole rings is 1. The molecule has 23 heavy (non-hydrogen) atoms. The molecular formula is C18H16N2O2S. The van der Waals surface area contributed by atoms with Gasteiger partial charge in [0.05, 0.1) is 5.69 Å². The molecule has 0 spiro atoms. The summed E-state index contributed by atoms with van der Waals surface area (Å²) < 4.78 is 5.53. The molecule has 0 aliphatic heterocycles. The summed E-state index contributed by atoms with van der Waals surface area (Å²) in [7, 11) is 0. The standard InChI is InChI=1S/C18H16N2O2S/c1-13-7-5-6-10-16(13)22-11-17(21)20-18-19-15(12-23-18)14-8-3-2-4-9-14/h2-10,12H,11H2,1H3,(H,19,20,21). The fourth-order valence-electron chi connectivity index (χ4n) is 2.09. The number of aromatic nitrogens is 1. The van der Waals surface area contributed by atoms with Crippen LogP contribution in [-0.2, 0) is 4.79 Å². The van der Waals surface area contributed by atoms with Gasteiger partial charge in [-0.05, 0) is 18.6 Å². The Morgan fingerprint density at radius 3 is 2.65 bits per heavy atom. The van der Waals surface area contributed by atoms with Crippen LogP contribution in [0.3, 0.4) is 0 Å². The number of aryl methyl sites for hydroxylation is 1. The zero-order chi connectivity index (χ0) is 16.1. The zero-order valence-electron chi connectivity index (χ0n) is 12.7. The van der Waals surface area contributed by atoms with Crippen LogP contribution in [-0.4, -0.2) is 17.5 Å². The van der Waals surface area contributed by atoms with Crippen LogP contribution >= 0.6 is 11.3 Å². The number of para-hydroxylation sites is 1. The van der Waals surface area contributed by atoms with Crippen LogP contribution in [0.15, 0.2) is 60.0 Å². The van der Waals surface area contributed by atoms with Gasteiger partial charge in [-0.2, -0.15) is 0 Å². The van der Waals surface area contributed by atoms with Crippen molar-refractivity contribution in [3.05, 3.63) is 65.5 Å². The molecule has 1 heterocycles. The fourth-order valence-corrected chi connectivity index (χ4v) is 2.83. The average molecular weight is 324 g/mol. The van der Waals surface area contributed by atoms with E-state index in [0.29, 0.717) is 10.9 Å². The molecule has 0 atom stereocenters. The molecule has 3 aromatic rings. The van der Waals surface area contributed by atoms with E-state index in [0.717, 1.165) is 16.8 Å². The van der Waals surface area contributed by atoms with Gasteiger partial charge in [-0.15, -0.1) is 11.3 Å². The molecule has 1 amide bonds. The van der Waals surface area contributed by atoms with Gasteiger partial charge in [-0.3, -0.25) is 10.1 Å². The van der Waals surface area contributed by atoms with E-state index in [1.165, 1.54) is 11.3 Å². The number of carbonyl (C=O) groups excluding carboxylic acids is 1. The van der Waals surface area contributed by atoms with Crippen LogP contribution < -0.4 is 10.1 Å². The number of anilines is 1. The molecule has 0 radical (unpaired) electrons. The fraction of sp³-hybridized carbons (Fsp3) is 0.111. The van der Waals surface area contributed by atoms with E-state index in [1.54, 1.807) is 0 Å². The van der Waals surface area contributed by atoms with Crippen LogP contribution in [0.4, 0.5) is 5.13 Å². The van der Waals surface area contributed by atoms with E-state index < -0.39 is 0 Å². The van der Waals surface area contributed by atoms with Crippen molar-refractivity contribution < 1.29 is 9.53 Å². The maximum Gasteiger partial charge on any atom is 0.264 e. The summed E-state index contributed by atoms with van der Waals surface area (Å²) in [5, 5.41) is 5.26. The smallest absolute Gasteiger partial charge is 0.264 e. The van der Waals surface area contributed by atoms with Gasteiger partial charge in [0, 0.05) is 10.9 Å². The van der Waals surface area contributed by atoms with Crippen molar-refractivity contribution in [3.8, 4) is 17.0 Å². The maximum atomic E-state index is 12.0. The molecule has 0 aliphatic carbocycles. The minimum Gasteiger partial charge on any atom is -0.483 e. The average Bonchev–Trinajstić information content (AvgIpc) is 3.03. The molecule has 1 aromatic heterocycles. The van der Waals surface area contributed by atoms with Crippen LogP contribution in [0.2, 0.25) is 0 Å². The first-order valence-corrected chi connectivity index (χ1v) is 8.09. The van der Waals surface area contributed by atoms with Crippen molar-refractivity contribution >= 4 is 22.4 Å². The molecule has 0 saturated carbocycles. The van der Waals surface area contributed by atoms with Gasteiger partial charge >= 0.3 is 0 Å². The van der Waals surface area contributed by atoms with Gasteiger partial charge in [0.25, 0.3) is 5.91 Å². The molecule has 1 N–H and O–H groups in total. The maximum absolute atomic E-state index is 12.0. The minimum absolute atomic E-state index is 0.0366. The molecule has 0 bridgehead atoms. The second-order valence-electron chi connectivity index (χ2n) is 5.01. The lowest BCUT2D eigenvalue weighted by Gasteiger charge is -2.08. The van der Waals surface area contributed by atoms with E-state index in [1.807, 2.05) is 66.9 Å². The number of hydrogen-bond acceptors (Lipinski definition) is 4. The number of benzene rings is 2. The highest BCUT2D eigenvalue weighted by molar-refractivity contribution is 7.14. The Balaban J connectivity index is 1.58. The molecule has 0 aliphatic rings. The minimum atomic E-state index is -0.220. The molecule has 4 nitrogen and oxygen atoms in total. The lowest BCUT2D eigenvalue weighted by Crippen LogP contribution is -2.20. The number of carbonyl (C=O) groups is 1. The van der Waals surface area contributed by atoms with E-state index in [-0.39, 0.29) is 12.5 Å². The third-order valence-corrected chi connectivity index (χ3v) is 4.03. The van der Waals surface area contributed by atoms with Gasteiger partial charge in [-0.25, -0.2) is 4.98 Å². The lowest BCUT2D eigenvalue weighted by atomic mass is 10.2. The number of hydrogen-bond donors (Lipinski definition) is 1. The third kappa shape index (κ3) is 3.96. The zero-order valence-corrected chi connectivity index (χ0v) is 13.5. The van der Waals surface area contributed by atoms with Crippen molar-refractivity contribution in [2.75, 3.05) is 11.9 Å². The monoisotopic (exact) mass is 324 g/mol. The highest BCUT2D eigenvalue weighted by atomic mass is 32.1. The number of nitrogens with zero attached hydrogens (tertiary/aromatic N) is 1. The number of nitrogens with one attached hydrogen (secondary N) is 1. The molecule has 116 valence electrons. The van der Waals surface area contributed by atoms with Gasteiger partial charge in [0.1, 0.15) is 5.75 Å². The van der Waals surface area contributed by atoms with E-state index >= 15 is 0 Å². The number of ether oxygens (including phenoxy) is 1. The topological polar surface area (TPSA) is 51.2 Å². The Morgan fingerprint density at radius 1 is 1.13 bits per heavy atom. The van der Waals surface area contributed by atoms with Crippen molar-refractivity contribution in [1.29, 1.82) is 0 Å². The Bertz CT molecular complexity index is 800. The molecule has 0 unspecified atom stereocenters. The summed E-state index contributed by atoms with van der Waals surface area (Å²) in [4.78, 5) is 16.4. The Morgan fingerprint density at radius 2 is 1.87 bits per heavy atom. The van der Waals surface area contributed by atoms with Gasteiger partial charge in [-0.1, -0.05) is 48.5 Å². The highest BCUT2D eigenvalue weighted by Gasteiger charge is 2.09. The van der Waals surface area contributed by atoms with Crippen molar-refractivity contribution in [3.63, 3.8) is 0 Å². The second kappa shape index (κ2) is 7.07. The second-order valence-corrected chi connectivity index (χ2v) is 5.86. The van der Waals surface area contributed by atoms with Crippen LogP contribution in [0.25, 0.3) is 11.3 Å². The number of rotatable bonds is 5. The lowest BCUT2D eigenvalue weighted by molar-refractivity contribution is -0.118. The molecule has 3 rings (SSSR count). The van der Waals surface area contributed by atoms with Crippen LogP contribution in [0.1, 0.15) is 5.56 Å². The summed E-state index contributed by atoms with van der Waals surface area (Å²) in [6.07, 6.45) is 0. The SMILES string of the molecule is Cc1ccccc1OCC(=O)Nc1nc(-c2ccccc2)cs1. The van der Waals surface area contributed by atoms with Gasteiger partial charge in [0.2, 0.25) is 0 Å². The Kier molecular flexibility index (Phi) is 4.68. The molecular weight excluding hydrogens is 308 g/mol. The predicted octanol–water partition coefficient (Wildman–Crippen LogP) is 4.14. The summed E-state index contributed by atoms with van der Waals surface area (Å²) in [5.41, 5.74) is 2.88. The summed E-state index contributed by atoms with van der Waals surface area (Å²) in [6.45, 7) is 1.91. The molecule has 0 fully saturated rings. The summed E-state index contributed by atoms with van der Waals surface area (Å²) in [6, 6.07) is 17.5. The van der Waals surface area contributed by atoms with Crippen molar-refractivity contribution in [1.82, 2.24) is 4.98 Å². The molecule has 0 saturated heterocycles. The van der Waals surface area contributed by atoms with E-state index in [9.17, 15) is 4.79 Å². The Hall–Kier alpha value is -2.66. The predicted molar refractivity (Wildman–Crippen MR) is 92.9 cm³/mol. The van der Waals surface area contributed by atoms with Crippen molar-refractivity contribution in [2.24, 2.45) is 0 Å². The summed E-state index contributed by atoms with van der Waals surface area (Å²) in [5.74, 6) is 0.494. The Labute approximate surface area is 138 Å². The highest BCUT2D eigenvalue weighted by Crippen LogP contribution is 2.24. The third-order valence-electron chi connectivity index (χ3n) is 3.27. The van der Waals surface area contributed by atoms with Crippen molar-refractivity contribution in [2.45, 2.75) is 6.92 Å².